The summed E-state index contributed by atoms with van der Waals surface area (Å²) >= 11 is 0. The Hall–Kier alpha value is -2.28. The number of pyridine rings is 1. The maximum atomic E-state index is 12.5. The summed E-state index contributed by atoms with van der Waals surface area (Å²) in [6.45, 7) is 2.81. The molecule has 128 valence electrons. The van der Waals surface area contributed by atoms with Crippen LogP contribution in [0.2, 0.25) is 0 Å². The number of nitrogens with zero attached hydrogens (tertiary/aromatic N) is 4. The first-order valence-electron chi connectivity index (χ1n) is 8.30. The van der Waals surface area contributed by atoms with Crippen LogP contribution >= 0.6 is 0 Å². The number of carbonyl (C=O) groups is 1. The van der Waals surface area contributed by atoms with Gasteiger partial charge in [0.2, 0.25) is 17.6 Å². The van der Waals surface area contributed by atoms with Crippen LogP contribution in [0.4, 0.5) is 0 Å². The summed E-state index contributed by atoms with van der Waals surface area (Å²) in [5.74, 6) is 1.19. The van der Waals surface area contributed by atoms with E-state index in [0.29, 0.717) is 31.1 Å². The predicted molar refractivity (Wildman–Crippen MR) is 86.8 cm³/mol. The second-order valence-corrected chi connectivity index (χ2v) is 6.27. The SMILES string of the molecule is CC1CCC(CO)CN1C(=O)CCc1nc(-c2cccnc2)no1. The lowest BCUT2D eigenvalue weighted by Gasteiger charge is -2.37. The molecule has 2 aromatic heterocycles. The van der Waals surface area contributed by atoms with Crippen molar-refractivity contribution in [3.05, 3.63) is 30.4 Å². The van der Waals surface area contributed by atoms with Gasteiger partial charge in [-0.2, -0.15) is 4.98 Å². The van der Waals surface area contributed by atoms with E-state index >= 15 is 0 Å². The molecule has 2 atom stereocenters. The van der Waals surface area contributed by atoms with E-state index in [1.54, 1.807) is 12.4 Å². The monoisotopic (exact) mass is 330 g/mol. The van der Waals surface area contributed by atoms with E-state index in [4.69, 9.17) is 4.52 Å². The molecule has 1 aliphatic heterocycles. The van der Waals surface area contributed by atoms with Gasteiger partial charge in [-0.15, -0.1) is 0 Å². The van der Waals surface area contributed by atoms with Crippen molar-refractivity contribution in [3.8, 4) is 11.4 Å². The molecule has 1 amide bonds. The number of aliphatic hydroxyl groups is 1. The van der Waals surface area contributed by atoms with Gasteiger partial charge in [0, 0.05) is 50.0 Å². The molecular formula is C17H22N4O3. The zero-order chi connectivity index (χ0) is 16.9. The van der Waals surface area contributed by atoms with Crippen LogP contribution in [0.15, 0.2) is 29.0 Å². The molecule has 1 fully saturated rings. The zero-order valence-electron chi connectivity index (χ0n) is 13.8. The Bertz CT molecular complexity index is 673. The molecule has 0 radical (unpaired) electrons. The number of aryl methyl sites for hydroxylation is 1. The maximum Gasteiger partial charge on any atom is 0.227 e. The highest BCUT2D eigenvalue weighted by atomic mass is 16.5. The molecule has 3 heterocycles. The van der Waals surface area contributed by atoms with E-state index in [9.17, 15) is 9.90 Å². The Kier molecular flexibility index (Phi) is 5.20. The van der Waals surface area contributed by atoms with Crippen molar-refractivity contribution in [3.63, 3.8) is 0 Å². The average molecular weight is 330 g/mol. The highest BCUT2D eigenvalue weighted by Crippen LogP contribution is 2.22. The van der Waals surface area contributed by atoms with Gasteiger partial charge in [-0.05, 0) is 37.8 Å². The predicted octanol–water partition coefficient (Wildman–Crippen LogP) is 1.68. The third kappa shape index (κ3) is 3.79. The van der Waals surface area contributed by atoms with Gasteiger partial charge >= 0.3 is 0 Å². The quantitative estimate of drug-likeness (QED) is 0.897. The van der Waals surface area contributed by atoms with Crippen LogP contribution < -0.4 is 0 Å². The van der Waals surface area contributed by atoms with E-state index in [-0.39, 0.29) is 24.5 Å². The first-order chi connectivity index (χ1) is 11.7. The van der Waals surface area contributed by atoms with Crippen LogP contribution in [0.1, 0.15) is 32.1 Å². The first-order valence-corrected chi connectivity index (χ1v) is 8.30. The maximum absolute atomic E-state index is 12.5. The molecule has 7 heteroatoms. The molecule has 3 rings (SSSR count). The molecule has 2 unspecified atom stereocenters. The minimum absolute atomic E-state index is 0.0711. The van der Waals surface area contributed by atoms with Crippen molar-refractivity contribution in [1.29, 1.82) is 0 Å². The Balaban J connectivity index is 1.57. The first kappa shape index (κ1) is 16.6. The minimum Gasteiger partial charge on any atom is -0.396 e. The van der Waals surface area contributed by atoms with E-state index in [1.165, 1.54) is 0 Å². The van der Waals surface area contributed by atoms with Crippen LogP contribution in [-0.2, 0) is 11.2 Å². The molecule has 0 aromatic carbocycles. The summed E-state index contributed by atoms with van der Waals surface area (Å²) in [5, 5.41) is 13.3. The number of aliphatic hydroxyl groups excluding tert-OH is 1. The number of hydrogen-bond donors (Lipinski definition) is 1. The van der Waals surface area contributed by atoms with Gasteiger partial charge < -0.3 is 14.5 Å². The van der Waals surface area contributed by atoms with Crippen LogP contribution in [0.3, 0.4) is 0 Å². The molecule has 0 bridgehead atoms. The van der Waals surface area contributed by atoms with Crippen molar-refractivity contribution in [2.24, 2.45) is 5.92 Å². The van der Waals surface area contributed by atoms with E-state index in [0.717, 1.165) is 18.4 Å². The normalized spacial score (nSPS) is 21.0. The Labute approximate surface area is 140 Å². The second kappa shape index (κ2) is 7.53. The molecule has 24 heavy (non-hydrogen) atoms. The summed E-state index contributed by atoms with van der Waals surface area (Å²) in [7, 11) is 0. The lowest BCUT2D eigenvalue weighted by Crippen LogP contribution is -2.46. The Morgan fingerprint density at radius 3 is 3.08 bits per heavy atom. The largest absolute Gasteiger partial charge is 0.396 e. The van der Waals surface area contributed by atoms with E-state index < -0.39 is 0 Å². The summed E-state index contributed by atoms with van der Waals surface area (Å²) in [6.07, 6.45) is 6.01. The lowest BCUT2D eigenvalue weighted by atomic mass is 9.94. The Morgan fingerprint density at radius 2 is 2.33 bits per heavy atom. The lowest BCUT2D eigenvalue weighted by molar-refractivity contribution is -0.136. The molecule has 1 N–H and O–H groups in total. The summed E-state index contributed by atoms with van der Waals surface area (Å²) in [4.78, 5) is 22.7. The summed E-state index contributed by atoms with van der Waals surface area (Å²) < 4.78 is 5.23. The zero-order valence-corrected chi connectivity index (χ0v) is 13.8. The van der Waals surface area contributed by atoms with Crippen molar-refractivity contribution >= 4 is 5.91 Å². The van der Waals surface area contributed by atoms with Gasteiger partial charge in [0.25, 0.3) is 0 Å². The van der Waals surface area contributed by atoms with E-state index in [2.05, 4.69) is 22.0 Å². The average Bonchev–Trinajstić information content (AvgIpc) is 3.10. The molecule has 7 nitrogen and oxygen atoms in total. The highest BCUT2D eigenvalue weighted by Gasteiger charge is 2.28. The van der Waals surface area contributed by atoms with Crippen LogP contribution in [-0.4, -0.2) is 50.2 Å². The third-order valence-electron chi connectivity index (χ3n) is 4.50. The van der Waals surface area contributed by atoms with Gasteiger partial charge in [-0.1, -0.05) is 5.16 Å². The van der Waals surface area contributed by atoms with Gasteiger partial charge in [0.1, 0.15) is 0 Å². The van der Waals surface area contributed by atoms with Gasteiger partial charge in [-0.25, -0.2) is 0 Å². The molecule has 1 saturated heterocycles. The standard InChI is InChI=1S/C17H22N4O3/c1-12-4-5-13(11-22)10-21(12)16(23)7-6-15-19-17(20-24-15)14-3-2-8-18-9-14/h2-3,8-9,12-13,22H,4-7,10-11H2,1H3. The number of hydrogen-bond acceptors (Lipinski definition) is 6. The molecule has 0 spiro atoms. The van der Waals surface area contributed by atoms with Crippen molar-refractivity contribution in [1.82, 2.24) is 20.0 Å². The molecule has 0 aliphatic carbocycles. The molecular weight excluding hydrogens is 308 g/mol. The second-order valence-electron chi connectivity index (χ2n) is 6.27. The fraction of sp³-hybridized carbons (Fsp3) is 0.529. The number of carbonyl (C=O) groups excluding carboxylic acids is 1. The molecule has 0 saturated carbocycles. The van der Waals surface area contributed by atoms with Gasteiger partial charge in [-0.3, -0.25) is 9.78 Å². The van der Waals surface area contributed by atoms with Crippen molar-refractivity contribution < 1.29 is 14.4 Å². The molecule has 1 aliphatic rings. The number of rotatable bonds is 5. The number of likely N-dealkylation sites (tertiary alicyclic amines) is 1. The number of amides is 1. The van der Waals surface area contributed by atoms with E-state index in [1.807, 2.05) is 17.0 Å². The van der Waals surface area contributed by atoms with Crippen molar-refractivity contribution in [2.45, 2.75) is 38.6 Å². The topological polar surface area (TPSA) is 92.3 Å². The van der Waals surface area contributed by atoms with Crippen molar-refractivity contribution in [2.75, 3.05) is 13.2 Å². The van der Waals surface area contributed by atoms with Crippen LogP contribution in [0, 0.1) is 5.92 Å². The van der Waals surface area contributed by atoms with Gasteiger partial charge in [0.15, 0.2) is 0 Å². The fourth-order valence-electron chi connectivity index (χ4n) is 3.00. The fourth-order valence-corrected chi connectivity index (χ4v) is 3.00. The summed E-state index contributed by atoms with van der Waals surface area (Å²) in [5.41, 5.74) is 0.786. The van der Waals surface area contributed by atoms with Crippen LogP contribution in [0.5, 0.6) is 0 Å². The molecule has 2 aromatic rings. The summed E-state index contributed by atoms with van der Waals surface area (Å²) in [6, 6.07) is 3.88. The number of aromatic nitrogens is 3. The Morgan fingerprint density at radius 1 is 1.46 bits per heavy atom. The third-order valence-corrected chi connectivity index (χ3v) is 4.50. The van der Waals surface area contributed by atoms with Crippen LogP contribution in [0.25, 0.3) is 11.4 Å². The minimum atomic E-state index is 0.0711. The highest BCUT2D eigenvalue weighted by molar-refractivity contribution is 5.76. The smallest absolute Gasteiger partial charge is 0.227 e. The van der Waals surface area contributed by atoms with Gasteiger partial charge in [0.05, 0.1) is 0 Å². The number of piperidine rings is 1.